The van der Waals surface area contributed by atoms with E-state index in [4.69, 9.17) is 14.2 Å². The number of carbonyl (C=O) groups is 2. The minimum atomic E-state index is -4.55. The Kier molecular flexibility index (Phi) is 7.30. The highest BCUT2D eigenvalue weighted by molar-refractivity contribution is 6.12. The predicted molar refractivity (Wildman–Crippen MR) is 120 cm³/mol. The largest absolute Gasteiger partial charge is 0.493 e. The van der Waals surface area contributed by atoms with Gasteiger partial charge in [-0.15, -0.1) is 0 Å². The van der Waals surface area contributed by atoms with E-state index in [1.165, 1.54) is 57.7 Å². The first kappa shape index (κ1) is 24.4. The van der Waals surface area contributed by atoms with E-state index >= 15 is 0 Å². The number of amides is 2. The molecule has 0 atom stereocenters. The summed E-state index contributed by atoms with van der Waals surface area (Å²) in [5.74, 6) is -0.425. The van der Waals surface area contributed by atoms with Crippen molar-refractivity contribution < 1.29 is 37.0 Å². The lowest BCUT2D eigenvalue weighted by molar-refractivity contribution is -0.137. The van der Waals surface area contributed by atoms with Crippen LogP contribution >= 0.6 is 0 Å². The van der Waals surface area contributed by atoms with Gasteiger partial charge in [-0.1, -0.05) is 18.2 Å². The lowest BCUT2D eigenvalue weighted by atomic mass is 10.1. The molecule has 0 aliphatic carbocycles. The molecule has 3 aromatic rings. The molecule has 34 heavy (non-hydrogen) atoms. The molecule has 0 aliphatic rings. The van der Waals surface area contributed by atoms with Crippen LogP contribution in [0.25, 0.3) is 0 Å². The zero-order chi connectivity index (χ0) is 24.9. The molecule has 0 spiro atoms. The minimum Gasteiger partial charge on any atom is -0.493 e. The third-order valence-electron chi connectivity index (χ3n) is 4.79. The van der Waals surface area contributed by atoms with Gasteiger partial charge in [-0.3, -0.25) is 9.59 Å². The Morgan fingerprint density at radius 3 is 2.00 bits per heavy atom. The van der Waals surface area contributed by atoms with Crippen LogP contribution in [-0.4, -0.2) is 33.1 Å². The van der Waals surface area contributed by atoms with E-state index in [1.807, 2.05) is 0 Å². The van der Waals surface area contributed by atoms with Crippen LogP contribution in [0.15, 0.2) is 60.7 Å². The van der Waals surface area contributed by atoms with Crippen molar-refractivity contribution in [3.05, 3.63) is 77.4 Å². The van der Waals surface area contributed by atoms with E-state index in [2.05, 4.69) is 10.6 Å². The molecule has 10 heteroatoms. The number of methoxy groups -OCH3 is 3. The highest BCUT2D eigenvalue weighted by atomic mass is 19.4. The number of hydrogen-bond donors (Lipinski definition) is 2. The number of rotatable bonds is 7. The molecule has 0 aliphatic heterocycles. The van der Waals surface area contributed by atoms with Gasteiger partial charge in [0, 0.05) is 11.3 Å². The third-order valence-corrected chi connectivity index (χ3v) is 4.79. The molecule has 3 aromatic carbocycles. The molecule has 3 rings (SSSR count). The smallest absolute Gasteiger partial charge is 0.416 e. The second kappa shape index (κ2) is 10.2. The SMILES string of the molecule is COc1cc(C(=O)Nc2ccccc2C(=O)Nc2cccc(C(F)(F)F)c2)cc(OC)c1OC. The van der Waals surface area contributed by atoms with Crippen LogP contribution < -0.4 is 24.8 Å². The van der Waals surface area contributed by atoms with Crippen LogP contribution in [0.4, 0.5) is 24.5 Å². The van der Waals surface area contributed by atoms with Gasteiger partial charge >= 0.3 is 6.18 Å². The predicted octanol–water partition coefficient (Wildman–Crippen LogP) is 5.24. The molecule has 2 N–H and O–H groups in total. The topological polar surface area (TPSA) is 85.9 Å². The summed E-state index contributed by atoms with van der Waals surface area (Å²) in [5, 5.41) is 5.07. The summed E-state index contributed by atoms with van der Waals surface area (Å²) in [6.07, 6.45) is -4.55. The fourth-order valence-electron chi connectivity index (χ4n) is 3.17. The maximum Gasteiger partial charge on any atom is 0.416 e. The van der Waals surface area contributed by atoms with E-state index in [0.717, 1.165) is 12.1 Å². The fourth-order valence-corrected chi connectivity index (χ4v) is 3.17. The van der Waals surface area contributed by atoms with Crippen LogP contribution in [0, 0.1) is 0 Å². The lowest BCUT2D eigenvalue weighted by Crippen LogP contribution is -2.18. The number of alkyl halides is 3. The van der Waals surface area contributed by atoms with Crippen molar-refractivity contribution in [1.82, 2.24) is 0 Å². The first-order valence-electron chi connectivity index (χ1n) is 9.87. The Labute approximate surface area is 193 Å². The van der Waals surface area contributed by atoms with E-state index in [9.17, 15) is 22.8 Å². The van der Waals surface area contributed by atoms with Crippen molar-refractivity contribution in [2.45, 2.75) is 6.18 Å². The first-order valence-corrected chi connectivity index (χ1v) is 9.87. The van der Waals surface area contributed by atoms with Crippen molar-refractivity contribution in [1.29, 1.82) is 0 Å². The Hall–Kier alpha value is -4.21. The Morgan fingerprint density at radius 2 is 1.41 bits per heavy atom. The third kappa shape index (κ3) is 5.40. The Balaban J connectivity index is 1.86. The summed E-state index contributed by atoms with van der Waals surface area (Å²) in [5.41, 5.74) is -0.547. The number of halogens is 3. The highest BCUT2D eigenvalue weighted by Gasteiger charge is 2.30. The van der Waals surface area contributed by atoms with E-state index in [0.29, 0.717) is 5.75 Å². The van der Waals surface area contributed by atoms with Crippen molar-refractivity contribution >= 4 is 23.2 Å². The molecule has 0 radical (unpaired) electrons. The molecule has 7 nitrogen and oxygen atoms in total. The number of para-hydroxylation sites is 1. The van der Waals surface area contributed by atoms with Gasteiger partial charge in [0.05, 0.1) is 38.1 Å². The monoisotopic (exact) mass is 474 g/mol. The van der Waals surface area contributed by atoms with Crippen molar-refractivity contribution in [3.8, 4) is 17.2 Å². The maximum atomic E-state index is 13.0. The summed E-state index contributed by atoms with van der Waals surface area (Å²) < 4.78 is 54.6. The number of ether oxygens (including phenoxy) is 3. The second-order valence-corrected chi connectivity index (χ2v) is 6.95. The van der Waals surface area contributed by atoms with E-state index in [-0.39, 0.29) is 34.0 Å². The van der Waals surface area contributed by atoms with Gasteiger partial charge in [0.2, 0.25) is 5.75 Å². The van der Waals surface area contributed by atoms with Gasteiger partial charge < -0.3 is 24.8 Å². The van der Waals surface area contributed by atoms with Gasteiger partial charge in [0.15, 0.2) is 11.5 Å². The quantitative estimate of drug-likeness (QED) is 0.490. The molecule has 0 aromatic heterocycles. The zero-order valence-corrected chi connectivity index (χ0v) is 18.4. The number of benzene rings is 3. The van der Waals surface area contributed by atoms with Crippen LogP contribution in [-0.2, 0) is 6.18 Å². The summed E-state index contributed by atoms with van der Waals surface area (Å²) in [6, 6.07) is 13.3. The average molecular weight is 474 g/mol. The van der Waals surface area contributed by atoms with Crippen LogP contribution in [0.1, 0.15) is 26.3 Å². The molecule has 0 saturated carbocycles. The minimum absolute atomic E-state index is 0.0365. The van der Waals surface area contributed by atoms with E-state index < -0.39 is 23.6 Å². The average Bonchev–Trinajstić information content (AvgIpc) is 2.82. The van der Waals surface area contributed by atoms with Crippen LogP contribution in [0.2, 0.25) is 0 Å². The molecule has 178 valence electrons. The van der Waals surface area contributed by atoms with Crippen molar-refractivity contribution in [2.24, 2.45) is 0 Å². The van der Waals surface area contributed by atoms with Crippen molar-refractivity contribution in [2.75, 3.05) is 32.0 Å². The molecule has 2 amide bonds. The van der Waals surface area contributed by atoms with Crippen LogP contribution in [0.5, 0.6) is 17.2 Å². The van der Waals surface area contributed by atoms with Gasteiger partial charge in [-0.25, -0.2) is 0 Å². The molecule has 0 saturated heterocycles. The highest BCUT2D eigenvalue weighted by Crippen LogP contribution is 2.38. The molecule has 0 heterocycles. The summed E-state index contributed by atoms with van der Waals surface area (Å²) in [4.78, 5) is 25.7. The number of anilines is 2. The molecule has 0 unspecified atom stereocenters. The van der Waals surface area contributed by atoms with Gasteiger partial charge in [-0.2, -0.15) is 13.2 Å². The molecule has 0 fully saturated rings. The zero-order valence-electron chi connectivity index (χ0n) is 18.4. The van der Waals surface area contributed by atoms with Gasteiger partial charge in [0.1, 0.15) is 0 Å². The Morgan fingerprint density at radius 1 is 0.765 bits per heavy atom. The van der Waals surface area contributed by atoms with E-state index in [1.54, 1.807) is 12.1 Å². The summed E-state index contributed by atoms with van der Waals surface area (Å²) in [7, 11) is 4.25. The summed E-state index contributed by atoms with van der Waals surface area (Å²) in [6.45, 7) is 0. The van der Waals surface area contributed by atoms with Gasteiger partial charge in [0.25, 0.3) is 11.8 Å². The van der Waals surface area contributed by atoms with Crippen LogP contribution in [0.3, 0.4) is 0 Å². The number of nitrogens with one attached hydrogen (secondary N) is 2. The maximum absolute atomic E-state index is 13.0. The molecule has 0 bridgehead atoms. The normalized spacial score (nSPS) is 10.9. The van der Waals surface area contributed by atoms with Gasteiger partial charge in [-0.05, 0) is 42.5 Å². The first-order chi connectivity index (χ1) is 16.2. The fraction of sp³-hybridized carbons (Fsp3) is 0.167. The molecular formula is C24H21F3N2O5. The summed E-state index contributed by atoms with van der Waals surface area (Å²) >= 11 is 0. The number of hydrogen-bond acceptors (Lipinski definition) is 5. The second-order valence-electron chi connectivity index (χ2n) is 6.95. The standard InChI is InChI=1S/C24H21F3N2O5/c1-32-19-11-14(12-20(33-2)21(19)34-3)22(30)29-18-10-5-4-9-17(18)23(31)28-16-8-6-7-15(13-16)24(25,26)27/h4-13H,1-3H3,(H,28,31)(H,29,30). The lowest BCUT2D eigenvalue weighted by Gasteiger charge is -2.15. The number of carbonyl (C=O) groups excluding carboxylic acids is 2. The Bertz CT molecular complexity index is 1190. The van der Waals surface area contributed by atoms with Crippen molar-refractivity contribution in [3.63, 3.8) is 0 Å². The molecular weight excluding hydrogens is 453 g/mol.